The number of carbonyl (C=O) groups is 1. The molecule has 0 aromatic heterocycles. The summed E-state index contributed by atoms with van der Waals surface area (Å²) < 4.78 is 22.3. The van der Waals surface area contributed by atoms with E-state index in [9.17, 15) is 13.2 Å². The van der Waals surface area contributed by atoms with Crippen molar-refractivity contribution >= 4 is 15.7 Å². The average Bonchev–Trinajstić information content (AvgIpc) is 2.58. The largest absolute Gasteiger partial charge is 0.351 e. The first kappa shape index (κ1) is 20.9. The molecule has 0 radical (unpaired) electrons. The number of likely N-dealkylation sites (tertiary alicyclic amines) is 1. The first-order valence-corrected chi connectivity index (χ1v) is 11.3. The molecule has 2 unspecified atom stereocenters. The molecule has 26 heavy (non-hydrogen) atoms. The number of benzene rings is 1. The lowest BCUT2D eigenvalue weighted by atomic mass is 9.99. The van der Waals surface area contributed by atoms with Crippen LogP contribution in [0.15, 0.2) is 24.3 Å². The Bertz CT molecular complexity index is 688. The summed E-state index contributed by atoms with van der Waals surface area (Å²) in [6, 6.07) is 7.44. The van der Waals surface area contributed by atoms with Crippen molar-refractivity contribution in [3.05, 3.63) is 35.4 Å². The number of hydrogen-bond donors (Lipinski definition) is 2. The lowest BCUT2D eigenvalue weighted by Crippen LogP contribution is -2.41. The molecule has 146 valence electrons. The molecule has 1 saturated heterocycles. The lowest BCUT2D eigenvalue weighted by Gasteiger charge is -2.30. The van der Waals surface area contributed by atoms with Gasteiger partial charge in [0.25, 0.3) is 0 Å². The highest BCUT2D eigenvalue weighted by Gasteiger charge is 2.17. The van der Waals surface area contributed by atoms with Crippen LogP contribution in [-0.2, 0) is 27.7 Å². The van der Waals surface area contributed by atoms with Gasteiger partial charge in [-0.25, -0.2) is 8.42 Å². The monoisotopic (exact) mass is 381 g/mol. The van der Waals surface area contributed by atoms with Crippen LogP contribution in [0, 0.1) is 5.92 Å². The Labute approximate surface area is 157 Å². The molecule has 6 nitrogen and oxygen atoms in total. The molecule has 0 saturated carbocycles. The molecule has 7 heteroatoms. The van der Waals surface area contributed by atoms with Crippen LogP contribution < -0.4 is 11.1 Å². The summed E-state index contributed by atoms with van der Waals surface area (Å²) in [6.07, 6.45) is 3.87. The molecule has 1 heterocycles. The summed E-state index contributed by atoms with van der Waals surface area (Å²) in [5.41, 5.74) is 8.03. The fourth-order valence-electron chi connectivity index (χ4n) is 3.24. The van der Waals surface area contributed by atoms with Gasteiger partial charge in [0, 0.05) is 25.9 Å². The van der Waals surface area contributed by atoms with E-state index in [1.165, 1.54) is 18.4 Å². The van der Waals surface area contributed by atoms with Gasteiger partial charge < -0.3 is 11.1 Å². The molecule has 0 aliphatic carbocycles. The third-order valence-corrected chi connectivity index (χ3v) is 5.75. The molecule has 1 aromatic carbocycles. The highest BCUT2D eigenvalue weighted by molar-refractivity contribution is 7.90. The van der Waals surface area contributed by atoms with Gasteiger partial charge in [-0.2, -0.15) is 0 Å². The maximum Gasteiger partial charge on any atom is 0.237 e. The first-order chi connectivity index (χ1) is 12.2. The quantitative estimate of drug-likeness (QED) is 0.708. The van der Waals surface area contributed by atoms with E-state index in [2.05, 4.69) is 29.3 Å². The van der Waals surface area contributed by atoms with Gasteiger partial charge in [-0.15, -0.1) is 0 Å². The second kappa shape index (κ2) is 9.48. The summed E-state index contributed by atoms with van der Waals surface area (Å²) in [7, 11) is -3.10. The van der Waals surface area contributed by atoms with Gasteiger partial charge in [0.05, 0.1) is 11.8 Å². The van der Waals surface area contributed by atoms with Crippen molar-refractivity contribution in [1.29, 1.82) is 0 Å². The van der Waals surface area contributed by atoms with Gasteiger partial charge in [0.1, 0.15) is 9.84 Å². The molecule has 0 bridgehead atoms. The summed E-state index contributed by atoms with van der Waals surface area (Å²) in [4.78, 5) is 14.4. The number of nitrogens with zero attached hydrogens (tertiary/aromatic N) is 1. The van der Waals surface area contributed by atoms with Crippen LogP contribution in [0.2, 0.25) is 0 Å². The van der Waals surface area contributed by atoms with Crippen LogP contribution in [0.1, 0.15) is 37.3 Å². The summed E-state index contributed by atoms with van der Waals surface area (Å²) in [5.74, 6) is 0.371. The van der Waals surface area contributed by atoms with Gasteiger partial charge in [-0.05, 0) is 42.9 Å². The Kier molecular flexibility index (Phi) is 7.61. The van der Waals surface area contributed by atoms with E-state index in [4.69, 9.17) is 5.73 Å². The summed E-state index contributed by atoms with van der Waals surface area (Å²) >= 11 is 0. The zero-order valence-electron chi connectivity index (χ0n) is 15.8. The Balaban J connectivity index is 1.77. The van der Waals surface area contributed by atoms with Crippen LogP contribution in [0.4, 0.5) is 0 Å². The predicted molar refractivity (Wildman–Crippen MR) is 104 cm³/mol. The SMILES string of the molecule is CC1CCCN(Cc2ccc(CNC(=O)C(N)CCS(C)(=O)=O)cc2)C1. The average molecular weight is 382 g/mol. The fourth-order valence-corrected chi connectivity index (χ4v) is 3.93. The Morgan fingerprint density at radius 2 is 1.96 bits per heavy atom. The normalized spacial score (nSPS) is 19.9. The second-order valence-electron chi connectivity index (χ2n) is 7.54. The minimum Gasteiger partial charge on any atom is -0.351 e. The molecule has 1 amide bonds. The molecule has 1 aliphatic rings. The molecular weight excluding hydrogens is 350 g/mol. The number of nitrogens with two attached hydrogens (primary N) is 1. The topological polar surface area (TPSA) is 92.5 Å². The molecular formula is C19H31N3O3S. The second-order valence-corrected chi connectivity index (χ2v) is 9.80. The van der Waals surface area contributed by atoms with E-state index in [0.717, 1.165) is 37.4 Å². The van der Waals surface area contributed by atoms with Crippen LogP contribution >= 0.6 is 0 Å². The first-order valence-electron chi connectivity index (χ1n) is 9.24. The number of rotatable bonds is 8. The van der Waals surface area contributed by atoms with Crippen LogP contribution in [0.5, 0.6) is 0 Å². The highest BCUT2D eigenvalue weighted by Crippen LogP contribution is 2.18. The van der Waals surface area contributed by atoms with Gasteiger partial charge in [0.15, 0.2) is 0 Å². The van der Waals surface area contributed by atoms with Crippen molar-refractivity contribution in [2.45, 2.75) is 45.3 Å². The lowest BCUT2D eigenvalue weighted by molar-refractivity contribution is -0.122. The van der Waals surface area contributed by atoms with Gasteiger partial charge in [-0.3, -0.25) is 9.69 Å². The van der Waals surface area contributed by atoms with Gasteiger partial charge in [-0.1, -0.05) is 31.2 Å². The van der Waals surface area contributed by atoms with Crippen LogP contribution in [0.3, 0.4) is 0 Å². The van der Waals surface area contributed by atoms with Gasteiger partial charge in [0.2, 0.25) is 5.91 Å². The number of nitrogens with one attached hydrogen (secondary N) is 1. The molecule has 1 aromatic rings. The molecule has 1 aliphatic heterocycles. The smallest absolute Gasteiger partial charge is 0.237 e. The van der Waals surface area contributed by atoms with E-state index in [1.807, 2.05) is 12.1 Å². The Morgan fingerprint density at radius 3 is 2.58 bits per heavy atom. The predicted octanol–water partition coefficient (Wildman–Crippen LogP) is 1.30. The molecule has 2 rings (SSSR count). The van der Waals surface area contributed by atoms with E-state index in [0.29, 0.717) is 6.54 Å². The van der Waals surface area contributed by atoms with Crippen molar-refractivity contribution in [3.63, 3.8) is 0 Å². The molecule has 3 N–H and O–H groups in total. The Morgan fingerprint density at radius 1 is 1.31 bits per heavy atom. The van der Waals surface area contributed by atoms with E-state index >= 15 is 0 Å². The van der Waals surface area contributed by atoms with E-state index < -0.39 is 15.9 Å². The van der Waals surface area contributed by atoms with Crippen LogP contribution in [0.25, 0.3) is 0 Å². The Hall–Kier alpha value is -1.44. The van der Waals surface area contributed by atoms with Crippen molar-refractivity contribution in [1.82, 2.24) is 10.2 Å². The number of piperidine rings is 1. The molecule has 0 spiro atoms. The molecule has 2 atom stereocenters. The highest BCUT2D eigenvalue weighted by atomic mass is 32.2. The van der Waals surface area contributed by atoms with Crippen molar-refractivity contribution in [2.75, 3.05) is 25.1 Å². The van der Waals surface area contributed by atoms with Crippen LogP contribution in [-0.4, -0.2) is 50.4 Å². The third-order valence-electron chi connectivity index (χ3n) is 4.77. The number of sulfone groups is 1. The summed E-state index contributed by atoms with van der Waals surface area (Å²) in [6.45, 7) is 5.98. The zero-order valence-corrected chi connectivity index (χ0v) is 16.6. The van der Waals surface area contributed by atoms with Crippen molar-refractivity contribution in [2.24, 2.45) is 11.7 Å². The van der Waals surface area contributed by atoms with E-state index in [1.54, 1.807) is 0 Å². The maximum atomic E-state index is 12.0. The van der Waals surface area contributed by atoms with Crippen molar-refractivity contribution in [3.8, 4) is 0 Å². The summed E-state index contributed by atoms with van der Waals surface area (Å²) in [5, 5.41) is 2.77. The van der Waals surface area contributed by atoms with E-state index in [-0.39, 0.29) is 18.1 Å². The minimum absolute atomic E-state index is 0.0780. The van der Waals surface area contributed by atoms with Gasteiger partial charge >= 0.3 is 0 Å². The fraction of sp³-hybridized carbons (Fsp3) is 0.632. The maximum absolute atomic E-state index is 12.0. The number of carbonyl (C=O) groups excluding carboxylic acids is 1. The molecule has 1 fully saturated rings. The standard InChI is InChI=1S/C19H31N3O3S/c1-15-4-3-10-22(13-15)14-17-7-5-16(6-8-17)12-21-19(23)18(20)9-11-26(2,24)25/h5-8,15,18H,3-4,9-14,20H2,1-2H3,(H,21,23). The number of amides is 1. The minimum atomic E-state index is -3.10. The van der Waals surface area contributed by atoms with Crippen molar-refractivity contribution < 1.29 is 13.2 Å². The third kappa shape index (κ3) is 7.43. The zero-order chi connectivity index (χ0) is 19.2. The number of hydrogen-bond acceptors (Lipinski definition) is 5.